The Hall–Kier alpha value is -1.56. The van der Waals surface area contributed by atoms with E-state index in [0.717, 1.165) is 56.1 Å². The molecule has 2 saturated heterocycles. The molecule has 27 heavy (non-hydrogen) atoms. The minimum atomic E-state index is 0.0794. The Morgan fingerprint density at radius 2 is 2.04 bits per heavy atom. The summed E-state index contributed by atoms with van der Waals surface area (Å²) in [6, 6.07) is 3.95. The summed E-state index contributed by atoms with van der Waals surface area (Å²) in [4.78, 5) is 33.3. The molecule has 0 aromatic carbocycles. The molecule has 1 saturated carbocycles. The number of nitrogens with zero attached hydrogens (tertiary/aromatic N) is 3. The second-order valence-electron chi connectivity index (χ2n) is 8.48. The van der Waals surface area contributed by atoms with Crippen LogP contribution in [0.15, 0.2) is 24.5 Å². The average molecular weight is 388 g/mol. The first-order valence-corrected chi connectivity index (χ1v) is 11.3. The van der Waals surface area contributed by atoms with Crippen molar-refractivity contribution in [3.63, 3.8) is 0 Å². The Kier molecular flexibility index (Phi) is 5.71. The van der Waals surface area contributed by atoms with E-state index in [1.165, 1.54) is 12.8 Å². The number of piperidine rings is 2. The van der Waals surface area contributed by atoms with Crippen LogP contribution in [0, 0.1) is 11.3 Å². The number of carbonyl (C=O) groups excluding carboxylic acids is 2. The number of rotatable bonds is 6. The molecule has 6 heteroatoms. The Morgan fingerprint density at radius 3 is 2.81 bits per heavy atom. The maximum atomic E-state index is 12.7. The van der Waals surface area contributed by atoms with E-state index in [0.29, 0.717) is 18.7 Å². The van der Waals surface area contributed by atoms with Crippen LogP contribution in [0.3, 0.4) is 0 Å². The van der Waals surface area contributed by atoms with Crippen LogP contribution in [0.2, 0.25) is 0 Å². The van der Waals surface area contributed by atoms with Crippen LogP contribution in [0.4, 0.5) is 0 Å². The first-order valence-electron chi connectivity index (χ1n) is 10.2. The molecule has 2 amide bonds. The fourth-order valence-electron chi connectivity index (χ4n) is 4.40. The maximum absolute atomic E-state index is 12.7. The van der Waals surface area contributed by atoms with Crippen molar-refractivity contribution in [2.24, 2.45) is 11.3 Å². The van der Waals surface area contributed by atoms with Gasteiger partial charge in [0.1, 0.15) is 0 Å². The van der Waals surface area contributed by atoms with Gasteiger partial charge in [-0.25, -0.2) is 0 Å². The van der Waals surface area contributed by atoms with Crippen LogP contribution in [0.1, 0.15) is 44.1 Å². The van der Waals surface area contributed by atoms with Crippen LogP contribution in [0.5, 0.6) is 0 Å². The van der Waals surface area contributed by atoms with Gasteiger partial charge in [-0.2, -0.15) is 11.8 Å². The molecule has 0 radical (unpaired) electrons. The number of hydrogen-bond acceptors (Lipinski definition) is 4. The van der Waals surface area contributed by atoms with Gasteiger partial charge in [0.25, 0.3) is 0 Å². The monoisotopic (exact) mass is 387 g/mol. The smallest absolute Gasteiger partial charge is 0.232 e. The van der Waals surface area contributed by atoms with E-state index in [1.54, 1.807) is 24.2 Å². The Balaban J connectivity index is 1.35. The molecule has 1 aliphatic carbocycles. The van der Waals surface area contributed by atoms with Crippen molar-refractivity contribution in [2.45, 2.75) is 45.1 Å². The van der Waals surface area contributed by atoms with Crippen molar-refractivity contribution in [1.29, 1.82) is 0 Å². The Labute approximate surface area is 165 Å². The third kappa shape index (κ3) is 4.84. The maximum Gasteiger partial charge on any atom is 0.232 e. The first kappa shape index (κ1) is 18.8. The fourth-order valence-corrected chi connectivity index (χ4v) is 5.54. The van der Waals surface area contributed by atoms with Gasteiger partial charge < -0.3 is 9.80 Å². The molecule has 1 unspecified atom stereocenters. The molecule has 0 N–H and O–H groups in total. The van der Waals surface area contributed by atoms with Crippen LogP contribution in [-0.2, 0) is 16.1 Å². The Morgan fingerprint density at radius 1 is 1.22 bits per heavy atom. The standard InChI is InChI=1S/C21H29N3O2S/c25-19-4-8-21(16-24(19)12-17-5-9-22-10-6-17)7-1-11-23(15-21)20(26)14-27-13-18-2-3-18/h5-6,9-10,18H,1-4,7-8,11-16H2. The molecule has 5 nitrogen and oxygen atoms in total. The van der Waals surface area contributed by atoms with Gasteiger partial charge in [0.2, 0.25) is 11.8 Å². The van der Waals surface area contributed by atoms with Crippen LogP contribution in [0.25, 0.3) is 0 Å². The second kappa shape index (κ2) is 8.21. The molecule has 3 aliphatic rings. The highest BCUT2D eigenvalue weighted by Crippen LogP contribution is 2.39. The summed E-state index contributed by atoms with van der Waals surface area (Å²) in [5.74, 6) is 3.14. The summed E-state index contributed by atoms with van der Waals surface area (Å²) >= 11 is 1.80. The summed E-state index contributed by atoms with van der Waals surface area (Å²) in [7, 11) is 0. The first-order chi connectivity index (χ1) is 13.1. The summed E-state index contributed by atoms with van der Waals surface area (Å²) in [5, 5.41) is 0. The third-order valence-electron chi connectivity index (χ3n) is 6.16. The highest BCUT2D eigenvalue weighted by Gasteiger charge is 2.42. The zero-order valence-electron chi connectivity index (χ0n) is 15.9. The molecule has 3 heterocycles. The van der Waals surface area contributed by atoms with Crippen molar-refractivity contribution >= 4 is 23.6 Å². The summed E-state index contributed by atoms with van der Waals surface area (Å²) < 4.78 is 0. The average Bonchev–Trinajstić information content (AvgIpc) is 3.50. The zero-order valence-corrected chi connectivity index (χ0v) is 16.8. The van der Waals surface area contributed by atoms with Gasteiger partial charge in [-0.15, -0.1) is 0 Å². The minimum absolute atomic E-state index is 0.0794. The number of carbonyl (C=O) groups is 2. The number of amides is 2. The number of aromatic nitrogens is 1. The predicted octanol–water partition coefficient (Wildman–Crippen LogP) is 2.96. The van der Waals surface area contributed by atoms with E-state index in [-0.39, 0.29) is 17.2 Å². The minimum Gasteiger partial charge on any atom is -0.341 e. The van der Waals surface area contributed by atoms with Crippen molar-refractivity contribution < 1.29 is 9.59 Å². The highest BCUT2D eigenvalue weighted by molar-refractivity contribution is 7.99. The van der Waals surface area contributed by atoms with Gasteiger partial charge in [0.05, 0.1) is 5.75 Å². The van der Waals surface area contributed by atoms with Gasteiger partial charge in [0, 0.05) is 50.4 Å². The van der Waals surface area contributed by atoms with E-state index < -0.39 is 0 Å². The summed E-state index contributed by atoms with van der Waals surface area (Å²) in [6.07, 6.45) is 9.92. The van der Waals surface area contributed by atoms with E-state index in [9.17, 15) is 9.59 Å². The third-order valence-corrected chi connectivity index (χ3v) is 7.32. The SMILES string of the molecule is O=C(CSCC1CC1)N1CCCC2(CCC(=O)N(Cc3ccncc3)C2)C1. The lowest BCUT2D eigenvalue weighted by Gasteiger charge is -2.48. The lowest BCUT2D eigenvalue weighted by atomic mass is 9.73. The normalized spacial score (nSPS) is 25.9. The molecule has 146 valence electrons. The predicted molar refractivity (Wildman–Crippen MR) is 107 cm³/mol. The molecule has 1 aromatic rings. The van der Waals surface area contributed by atoms with Crippen molar-refractivity contribution in [1.82, 2.24) is 14.8 Å². The molecular formula is C21H29N3O2S. The lowest BCUT2D eigenvalue weighted by Crippen LogP contribution is -2.55. The number of likely N-dealkylation sites (tertiary alicyclic amines) is 2. The van der Waals surface area contributed by atoms with Crippen LogP contribution in [-0.4, -0.2) is 57.7 Å². The number of thioether (sulfide) groups is 1. The van der Waals surface area contributed by atoms with Crippen molar-refractivity contribution in [3.8, 4) is 0 Å². The van der Waals surface area contributed by atoms with E-state index >= 15 is 0 Å². The highest BCUT2D eigenvalue weighted by atomic mass is 32.2. The molecule has 1 aromatic heterocycles. The van der Waals surface area contributed by atoms with Gasteiger partial charge in [-0.1, -0.05) is 0 Å². The molecule has 1 spiro atoms. The molecule has 1 atom stereocenters. The molecule has 4 rings (SSSR count). The van der Waals surface area contributed by atoms with Crippen molar-refractivity contribution in [3.05, 3.63) is 30.1 Å². The second-order valence-corrected chi connectivity index (χ2v) is 9.51. The van der Waals surface area contributed by atoms with E-state index in [2.05, 4.69) is 9.88 Å². The van der Waals surface area contributed by atoms with E-state index in [4.69, 9.17) is 0 Å². The van der Waals surface area contributed by atoms with E-state index in [1.807, 2.05) is 17.0 Å². The Bertz CT molecular complexity index is 679. The quantitative estimate of drug-likeness (QED) is 0.753. The zero-order chi connectivity index (χ0) is 18.7. The van der Waals surface area contributed by atoms with Crippen LogP contribution >= 0.6 is 11.8 Å². The largest absolute Gasteiger partial charge is 0.341 e. The molecule has 2 aliphatic heterocycles. The number of hydrogen-bond donors (Lipinski definition) is 0. The number of pyridine rings is 1. The topological polar surface area (TPSA) is 53.5 Å². The van der Waals surface area contributed by atoms with Gasteiger partial charge in [-0.3, -0.25) is 14.6 Å². The lowest BCUT2D eigenvalue weighted by molar-refractivity contribution is -0.142. The van der Waals surface area contributed by atoms with Crippen LogP contribution < -0.4 is 0 Å². The molecular weight excluding hydrogens is 358 g/mol. The molecule has 0 bridgehead atoms. The van der Waals surface area contributed by atoms with Gasteiger partial charge >= 0.3 is 0 Å². The summed E-state index contributed by atoms with van der Waals surface area (Å²) in [6.45, 7) is 3.11. The van der Waals surface area contributed by atoms with Gasteiger partial charge in [0.15, 0.2) is 0 Å². The van der Waals surface area contributed by atoms with Crippen molar-refractivity contribution in [2.75, 3.05) is 31.1 Å². The summed E-state index contributed by atoms with van der Waals surface area (Å²) in [5.41, 5.74) is 1.20. The fraction of sp³-hybridized carbons (Fsp3) is 0.667. The van der Waals surface area contributed by atoms with Gasteiger partial charge in [-0.05, 0) is 61.5 Å². The molecule has 3 fully saturated rings.